The predicted molar refractivity (Wildman–Crippen MR) is 88.9 cm³/mol. The van der Waals surface area contributed by atoms with Crippen molar-refractivity contribution in [3.63, 3.8) is 0 Å². The number of rotatable bonds is 7. The van der Waals surface area contributed by atoms with Crippen LogP contribution in [-0.4, -0.2) is 28.4 Å². The third-order valence-corrected chi connectivity index (χ3v) is 3.65. The van der Waals surface area contributed by atoms with Gasteiger partial charge < -0.3 is 10.5 Å². The molecule has 0 aliphatic carbocycles. The molecule has 0 radical (unpaired) electrons. The van der Waals surface area contributed by atoms with Crippen LogP contribution in [-0.2, 0) is 11.2 Å². The van der Waals surface area contributed by atoms with E-state index in [0.29, 0.717) is 35.4 Å². The summed E-state index contributed by atoms with van der Waals surface area (Å²) in [6, 6.07) is 5.68. The Labute approximate surface area is 135 Å². The Morgan fingerprint density at radius 3 is 2.73 bits per heavy atom. The molecule has 22 heavy (non-hydrogen) atoms. The second kappa shape index (κ2) is 8.06. The zero-order chi connectivity index (χ0) is 15.9. The van der Waals surface area contributed by atoms with Crippen molar-refractivity contribution in [1.82, 2.24) is 15.2 Å². The summed E-state index contributed by atoms with van der Waals surface area (Å²) in [5.41, 5.74) is 8.40. The van der Waals surface area contributed by atoms with E-state index in [4.69, 9.17) is 22.1 Å². The number of aryl methyl sites for hydroxylation is 2. The normalized spacial score (nSPS) is 10.9. The summed E-state index contributed by atoms with van der Waals surface area (Å²) >= 11 is 6.13. The van der Waals surface area contributed by atoms with Gasteiger partial charge in [0.1, 0.15) is 5.69 Å². The minimum atomic E-state index is 0.374. The lowest BCUT2D eigenvalue weighted by Gasteiger charge is -2.07. The summed E-state index contributed by atoms with van der Waals surface area (Å²) in [6.45, 7) is 5.52. The van der Waals surface area contributed by atoms with Crippen LogP contribution in [0.25, 0.3) is 11.3 Å². The number of hydrogen-bond donors (Lipinski definition) is 1. The minimum absolute atomic E-state index is 0.374. The fourth-order valence-electron chi connectivity index (χ4n) is 2.00. The van der Waals surface area contributed by atoms with Crippen LogP contribution in [0.15, 0.2) is 18.2 Å². The van der Waals surface area contributed by atoms with Crippen molar-refractivity contribution in [2.75, 3.05) is 18.9 Å². The number of hydrogen-bond acceptors (Lipinski definition) is 5. The summed E-state index contributed by atoms with van der Waals surface area (Å²) in [5.74, 6) is 1.01. The molecule has 0 aliphatic rings. The molecule has 1 heterocycles. The monoisotopic (exact) mass is 320 g/mol. The quantitative estimate of drug-likeness (QED) is 0.791. The van der Waals surface area contributed by atoms with Crippen molar-refractivity contribution in [2.45, 2.75) is 33.1 Å². The molecule has 6 heteroatoms. The largest absolute Gasteiger partial charge is 0.382 e. The highest BCUT2D eigenvalue weighted by atomic mass is 35.5. The zero-order valence-corrected chi connectivity index (χ0v) is 13.7. The van der Waals surface area contributed by atoms with Gasteiger partial charge in [-0.15, -0.1) is 10.2 Å². The van der Waals surface area contributed by atoms with Gasteiger partial charge >= 0.3 is 0 Å². The highest BCUT2D eigenvalue weighted by Crippen LogP contribution is 2.26. The number of nitrogens with two attached hydrogens (primary N) is 1. The van der Waals surface area contributed by atoms with E-state index in [1.807, 2.05) is 25.1 Å². The number of halogens is 1. The van der Waals surface area contributed by atoms with Crippen LogP contribution >= 0.6 is 11.6 Å². The van der Waals surface area contributed by atoms with Crippen molar-refractivity contribution in [1.29, 1.82) is 0 Å². The molecule has 0 bridgehead atoms. The van der Waals surface area contributed by atoms with Crippen molar-refractivity contribution < 1.29 is 4.74 Å². The average Bonchev–Trinajstić information content (AvgIpc) is 2.50. The first kappa shape index (κ1) is 16.6. The first-order valence-corrected chi connectivity index (χ1v) is 7.83. The molecule has 0 unspecified atom stereocenters. The summed E-state index contributed by atoms with van der Waals surface area (Å²) in [6.07, 6.45) is 2.59. The highest BCUT2D eigenvalue weighted by molar-refractivity contribution is 6.31. The topological polar surface area (TPSA) is 73.9 Å². The number of anilines is 1. The van der Waals surface area contributed by atoms with E-state index in [9.17, 15) is 0 Å². The summed E-state index contributed by atoms with van der Waals surface area (Å²) in [5, 5.41) is 9.02. The van der Waals surface area contributed by atoms with Gasteiger partial charge in [-0.2, -0.15) is 0 Å². The Morgan fingerprint density at radius 2 is 2.05 bits per heavy atom. The number of aromatic nitrogens is 3. The van der Waals surface area contributed by atoms with Gasteiger partial charge in [0.05, 0.1) is 0 Å². The maximum Gasteiger partial charge on any atom is 0.154 e. The molecule has 2 N–H and O–H groups in total. The van der Waals surface area contributed by atoms with Gasteiger partial charge in [-0.1, -0.05) is 30.7 Å². The summed E-state index contributed by atoms with van der Waals surface area (Å²) in [7, 11) is 0. The fraction of sp³-hybridized carbons (Fsp3) is 0.438. The van der Waals surface area contributed by atoms with Gasteiger partial charge in [-0.25, -0.2) is 4.98 Å². The van der Waals surface area contributed by atoms with Crippen LogP contribution in [0.5, 0.6) is 0 Å². The molecular formula is C16H21ClN4O. The van der Waals surface area contributed by atoms with Crippen molar-refractivity contribution in [2.24, 2.45) is 0 Å². The SMILES string of the molecule is CCCOCCCc1nnc(-c2ccc(C)c(Cl)c2)c(N)n1. The molecule has 0 saturated carbocycles. The first-order chi connectivity index (χ1) is 10.6. The standard InChI is InChI=1S/C16H21ClN4O/c1-3-8-22-9-4-5-14-19-16(18)15(21-20-14)12-7-6-11(2)13(17)10-12/h6-7,10H,3-5,8-9H2,1-2H3,(H2,18,19,20). The van der Waals surface area contributed by atoms with E-state index >= 15 is 0 Å². The van der Waals surface area contributed by atoms with Crippen molar-refractivity contribution in [3.8, 4) is 11.3 Å². The molecule has 5 nitrogen and oxygen atoms in total. The lowest BCUT2D eigenvalue weighted by Crippen LogP contribution is -2.06. The zero-order valence-electron chi connectivity index (χ0n) is 13.0. The smallest absolute Gasteiger partial charge is 0.154 e. The Kier molecular flexibility index (Phi) is 6.10. The van der Waals surface area contributed by atoms with Crippen LogP contribution in [0, 0.1) is 6.92 Å². The van der Waals surface area contributed by atoms with Gasteiger partial charge in [-0.3, -0.25) is 0 Å². The van der Waals surface area contributed by atoms with Crippen LogP contribution in [0.3, 0.4) is 0 Å². The second-order valence-electron chi connectivity index (χ2n) is 5.14. The number of ether oxygens (including phenoxy) is 1. The van der Waals surface area contributed by atoms with E-state index < -0.39 is 0 Å². The predicted octanol–water partition coefficient (Wildman–Crippen LogP) is 3.44. The molecule has 0 fully saturated rings. The van der Waals surface area contributed by atoms with Crippen LogP contribution in [0.4, 0.5) is 5.82 Å². The maximum atomic E-state index is 6.13. The Bertz CT molecular complexity index is 634. The number of benzene rings is 1. The van der Waals surface area contributed by atoms with E-state index in [-0.39, 0.29) is 0 Å². The van der Waals surface area contributed by atoms with E-state index in [1.165, 1.54) is 0 Å². The fourth-order valence-corrected chi connectivity index (χ4v) is 2.18. The average molecular weight is 321 g/mol. The second-order valence-corrected chi connectivity index (χ2v) is 5.55. The van der Waals surface area contributed by atoms with Gasteiger partial charge in [0, 0.05) is 30.2 Å². The molecular weight excluding hydrogens is 300 g/mol. The Hall–Kier alpha value is -1.72. The van der Waals surface area contributed by atoms with Gasteiger partial charge in [0.15, 0.2) is 11.6 Å². The van der Waals surface area contributed by atoms with E-state index in [0.717, 1.165) is 30.6 Å². The molecule has 1 aromatic carbocycles. The number of nitrogen functional groups attached to an aromatic ring is 1. The molecule has 2 rings (SSSR count). The summed E-state index contributed by atoms with van der Waals surface area (Å²) < 4.78 is 5.43. The van der Waals surface area contributed by atoms with Crippen molar-refractivity contribution >= 4 is 17.4 Å². The molecule has 1 aromatic heterocycles. The molecule has 0 spiro atoms. The molecule has 0 saturated heterocycles. The Balaban J connectivity index is 2.04. The minimum Gasteiger partial charge on any atom is -0.382 e. The molecule has 2 aromatic rings. The van der Waals surface area contributed by atoms with E-state index in [2.05, 4.69) is 22.1 Å². The molecule has 118 valence electrons. The van der Waals surface area contributed by atoms with Crippen LogP contribution < -0.4 is 5.73 Å². The first-order valence-electron chi connectivity index (χ1n) is 7.45. The van der Waals surface area contributed by atoms with Gasteiger partial charge in [-0.05, 0) is 31.4 Å². The summed E-state index contributed by atoms with van der Waals surface area (Å²) in [4.78, 5) is 4.32. The van der Waals surface area contributed by atoms with Crippen molar-refractivity contribution in [3.05, 3.63) is 34.6 Å². The maximum absolute atomic E-state index is 6.13. The van der Waals surface area contributed by atoms with Crippen LogP contribution in [0.2, 0.25) is 5.02 Å². The lowest BCUT2D eigenvalue weighted by molar-refractivity contribution is 0.132. The van der Waals surface area contributed by atoms with Gasteiger partial charge in [0.2, 0.25) is 0 Å². The molecule has 0 aliphatic heterocycles. The third kappa shape index (κ3) is 4.39. The van der Waals surface area contributed by atoms with Gasteiger partial charge in [0.25, 0.3) is 0 Å². The molecule has 0 amide bonds. The molecule has 0 atom stereocenters. The Morgan fingerprint density at radius 1 is 1.23 bits per heavy atom. The highest BCUT2D eigenvalue weighted by Gasteiger charge is 2.10. The lowest BCUT2D eigenvalue weighted by atomic mass is 10.1. The van der Waals surface area contributed by atoms with Crippen LogP contribution in [0.1, 0.15) is 31.2 Å². The third-order valence-electron chi connectivity index (χ3n) is 3.24. The number of nitrogens with zero attached hydrogens (tertiary/aromatic N) is 3. The van der Waals surface area contributed by atoms with E-state index in [1.54, 1.807) is 0 Å².